The Balaban J connectivity index is 1.30. The normalized spacial score (nSPS) is 11.1. The highest BCUT2D eigenvalue weighted by atomic mass is 35.5. The monoisotopic (exact) mass is 493 g/mol. The second-order valence-corrected chi connectivity index (χ2v) is 9.43. The van der Waals surface area contributed by atoms with Gasteiger partial charge in [-0.15, -0.1) is 0 Å². The predicted octanol–water partition coefficient (Wildman–Crippen LogP) is 6.77. The molecule has 1 amide bonds. The smallest absolute Gasteiger partial charge is 0.224 e. The number of benzene rings is 3. The maximum atomic E-state index is 12.2. The van der Waals surface area contributed by atoms with Crippen LogP contribution in [0, 0.1) is 6.92 Å². The second-order valence-electron chi connectivity index (χ2n) is 8.62. The Kier molecular flexibility index (Phi) is 8.25. The van der Waals surface area contributed by atoms with Gasteiger partial charge in [-0.1, -0.05) is 72.1 Å². The lowest BCUT2D eigenvalue weighted by molar-refractivity contribution is -0.120. The summed E-state index contributed by atoms with van der Waals surface area (Å²) in [5.74, 6) is 1.15. The average Bonchev–Trinajstić information content (AvgIpc) is 3.17. The molecule has 0 unspecified atom stereocenters. The van der Waals surface area contributed by atoms with E-state index in [4.69, 9.17) is 28.2 Å². The van der Waals surface area contributed by atoms with Gasteiger partial charge < -0.3 is 9.88 Å². The number of fused-ring (bicyclic) bond motifs is 1. The van der Waals surface area contributed by atoms with E-state index < -0.39 is 0 Å². The van der Waals surface area contributed by atoms with Gasteiger partial charge in [-0.05, 0) is 60.7 Å². The quantitative estimate of drug-likeness (QED) is 0.247. The molecule has 0 spiro atoms. The number of rotatable bonds is 10. The number of hydrogen-bond acceptors (Lipinski definition) is 2. The van der Waals surface area contributed by atoms with E-state index in [0.717, 1.165) is 59.2 Å². The van der Waals surface area contributed by atoms with E-state index in [1.165, 1.54) is 0 Å². The molecule has 4 nitrogen and oxygen atoms in total. The molecule has 4 aromatic rings. The van der Waals surface area contributed by atoms with Gasteiger partial charge in [0.05, 0.1) is 27.5 Å². The van der Waals surface area contributed by atoms with Crippen LogP contribution in [0.5, 0.6) is 0 Å². The Labute approximate surface area is 210 Å². The summed E-state index contributed by atoms with van der Waals surface area (Å²) in [5.41, 5.74) is 5.45. The fourth-order valence-electron chi connectivity index (χ4n) is 4.17. The topological polar surface area (TPSA) is 46.9 Å². The highest BCUT2D eigenvalue weighted by molar-refractivity contribution is 6.42. The average molecular weight is 494 g/mol. The van der Waals surface area contributed by atoms with Gasteiger partial charge in [-0.25, -0.2) is 4.98 Å². The number of halogens is 2. The number of carbonyl (C=O) groups is 1. The number of nitrogens with one attached hydrogen (secondary N) is 1. The van der Waals surface area contributed by atoms with Crippen molar-refractivity contribution in [2.24, 2.45) is 0 Å². The first-order chi connectivity index (χ1) is 16.5. The summed E-state index contributed by atoms with van der Waals surface area (Å²) in [6, 6.07) is 22.0. The third-order valence-electron chi connectivity index (χ3n) is 6.07. The number of unbranched alkanes of at least 4 members (excludes halogenated alkanes) is 2. The summed E-state index contributed by atoms with van der Waals surface area (Å²) >= 11 is 12.3. The van der Waals surface area contributed by atoms with Gasteiger partial charge >= 0.3 is 0 Å². The summed E-state index contributed by atoms with van der Waals surface area (Å²) in [5, 5.41) is 4.18. The first-order valence-electron chi connectivity index (χ1n) is 11.7. The van der Waals surface area contributed by atoms with Crippen LogP contribution >= 0.6 is 23.2 Å². The zero-order valence-electron chi connectivity index (χ0n) is 19.4. The van der Waals surface area contributed by atoms with Crippen molar-refractivity contribution < 1.29 is 4.79 Å². The van der Waals surface area contributed by atoms with E-state index in [-0.39, 0.29) is 5.91 Å². The molecular formula is C28H29Cl2N3O. The highest BCUT2D eigenvalue weighted by Crippen LogP contribution is 2.25. The van der Waals surface area contributed by atoms with Gasteiger partial charge in [-0.3, -0.25) is 4.79 Å². The van der Waals surface area contributed by atoms with E-state index in [0.29, 0.717) is 29.6 Å². The fraction of sp³-hybridized carbons (Fsp3) is 0.286. The minimum absolute atomic E-state index is 0.0812. The number of aromatic nitrogens is 2. The Morgan fingerprint density at radius 1 is 0.941 bits per heavy atom. The van der Waals surface area contributed by atoms with Crippen molar-refractivity contribution in [1.29, 1.82) is 0 Å². The molecule has 34 heavy (non-hydrogen) atoms. The van der Waals surface area contributed by atoms with Gasteiger partial charge in [-0.2, -0.15) is 0 Å². The number of aryl methyl sites for hydroxylation is 2. The molecule has 0 saturated heterocycles. The number of hydrogen-bond donors (Lipinski definition) is 1. The lowest BCUT2D eigenvalue weighted by Crippen LogP contribution is -2.26. The Morgan fingerprint density at radius 2 is 1.74 bits per heavy atom. The molecule has 0 saturated carbocycles. The largest absolute Gasteiger partial charge is 0.356 e. The third-order valence-corrected chi connectivity index (χ3v) is 6.81. The number of amides is 1. The molecule has 0 aliphatic heterocycles. The SMILES string of the molecule is Cc1ccccc1CC(=O)NCCCCCc1nc2ccccc2n1Cc1ccc(Cl)c(Cl)c1. The van der Waals surface area contributed by atoms with Gasteiger partial charge in [0.1, 0.15) is 5.82 Å². The summed E-state index contributed by atoms with van der Waals surface area (Å²) in [6.45, 7) is 3.43. The van der Waals surface area contributed by atoms with Crippen molar-refractivity contribution in [3.8, 4) is 0 Å². The van der Waals surface area contributed by atoms with Crippen LogP contribution in [0.25, 0.3) is 11.0 Å². The molecule has 1 heterocycles. The maximum Gasteiger partial charge on any atom is 0.224 e. The molecule has 6 heteroatoms. The van der Waals surface area contributed by atoms with Crippen LogP contribution in [0.4, 0.5) is 0 Å². The molecule has 0 radical (unpaired) electrons. The van der Waals surface area contributed by atoms with Crippen LogP contribution in [0.2, 0.25) is 10.0 Å². The number of para-hydroxylation sites is 2. The maximum absolute atomic E-state index is 12.2. The number of imidazole rings is 1. The van der Waals surface area contributed by atoms with Crippen LogP contribution in [0.15, 0.2) is 66.7 Å². The highest BCUT2D eigenvalue weighted by Gasteiger charge is 2.12. The summed E-state index contributed by atoms with van der Waals surface area (Å²) in [6.07, 6.45) is 4.31. The van der Waals surface area contributed by atoms with E-state index in [2.05, 4.69) is 16.0 Å². The molecule has 1 N–H and O–H groups in total. The molecule has 176 valence electrons. The van der Waals surface area contributed by atoms with E-state index in [1.54, 1.807) is 0 Å². The molecule has 4 rings (SSSR count). The lowest BCUT2D eigenvalue weighted by Gasteiger charge is -2.11. The van der Waals surface area contributed by atoms with Gasteiger partial charge in [0.2, 0.25) is 5.91 Å². The van der Waals surface area contributed by atoms with E-state index in [9.17, 15) is 4.79 Å². The standard InChI is InChI=1S/C28H29Cl2N3O/c1-20-9-4-5-10-22(20)18-28(34)31-16-8-2-3-13-27-32-25-11-6-7-12-26(25)33(27)19-21-14-15-23(29)24(30)17-21/h4-7,9-12,14-15,17H,2-3,8,13,16,18-19H2,1H3,(H,31,34). The zero-order valence-corrected chi connectivity index (χ0v) is 20.9. The predicted molar refractivity (Wildman–Crippen MR) is 141 cm³/mol. The van der Waals surface area contributed by atoms with Crippen LogP contribution in [-0.2, 0) is 24.2 Å². The number of nitrogens with zero attached hydrogens (tertiary/aromatic N) is 2. The molecular weight excluding hydrogens is 465 g/mol. The lowest BCUT2D eigenvalue weighted by atomic mass is 10.1. The number of carbonyl (C=O) groups excluding carboxylic acids is 1. The molecule has 0 aliphatic rings. The first-order valence-corrected chi connectivity index (χ1v) is 12.5. The fourth-order valence-corrected chi connectivity index (χ4v) is 4.49. The molecule has 0 fully saturated rings. The summed E-state index contributed by atoms with van der Waals surface area (Å²) in [4.78, 5) is 17.1. The van der Waals surface area contributed by atoms with Crippen molar-refractivity contribution in [3.63, 3.8) is 0 Å². The van der Waals surface area contributed by atoms with E-state index in [1.807, 2.05) is 67.6 Å². The van der Waals surface area contributed by atoms with Crippen LogP contribution in [-0.4, -0.2) is 22.0 Å². The van der Waals surface area contributed by atoms with Crippen LogP contribution < -0.4 is 5.32 Å². The minimum atomic E-state index is 0.0812. The van der Waals surface area contributed by atoms with Crippen molar-refractivity contribution in [1.82, 2.24) is 14.9 Å². The zero-order chi connectivity index (χ0) is 23.9. The Morgan fingerprint density at radius 3 is 2.56 bits per heavy atom. The van der Waals surface area contributed by atoms with Gasteiger partial charge in [0.15, 0.2) is 0 Å². The van der Waals surface area contributed by atoms with Crippen LogP contribution in [0.3, 0.4) is 0 Å². The van der Waals surface area contributed by atoms with Gasteiger partial charge in [0, 0.05) is 19.5 Å². The van der Waals surface area contributed by atoms with E-state index >= 15 is 0 Å². The van der Waals surface area contributed by atoms with Crippen LogP contribution in [0.1, 0.15) is 41.8 Å². The third kappa shape index (κ3) is 6.19. The molecule has 3 aromatic carbocycles. The van der Waals surface area contributed by atoms with Crippen molar-refractivity contribution in [2.45, 2.75) is 45.6 Å². The van der Waals surface area contributed by atoms with Gasteiger partial charge in [0.25, 0.3) is 0 Å². The first kappa shape index (κ1) is 24.3. The van der Waals surface area contributed by atoms with Crippen molar-refractivity contribution in [3.05, 3.63) is 99.3 Å². The van der Waals surface area contributed by atoms with Crippen molar-refractivity contribution >= 4 is 40.1 Å². The second kappa shape index (κ2) is 11.5. The Bertz CT molecular complexity index is 1280. The minimum Gasteiger partial charge on any atom is -0.356 e. The molecule has 0 atom stereocenters. The molecule has 0 aliphatic carbocycles. The Hall–Kier alpha value is -2.82. The summed E-state index contributed by atoms with van der Waals surface area (Å²) < 4.78 is 2.26. The summed E-state index contributed by atoms with van der Waals surface area (Å²) in [7, 11) is 0. The van der Waals surface area contributed by atoms with Crippen molar-refractivity contribution in [2.75, 3.05) is 6.54 Å². The molecule has 0 bridgehead atoms. The molecule has 1 aromatic heterocycles.